The van der Waals surface area contributed by atoms with Crippen molar-refractivity contribution in [3.8, 4) is 45.0 Å². The number of aromatic nitrogens is 4. The highest BCUT2D eigenvalue weighted by molar-refractivity contribution is 7.71. The molecule has 292 valence electrons. The van der Waals surface area contributed by atoms with Gasteiger partial charge in [0.15, 0.2) is 0 Å². The van der Waals surface area contributed by atoms with Crippen LogP contribution in [0.15, 0.2) is 140 Å². The van der Waals surface area contributed by atoms with E-state index in [1.54, 1.807) is 0 Å². The van der Waals surface area contributed by atoms with Gasteiger partial charge in [-0.3, -0.25) is 0 Å². The molecule has 9 aromatic rings. The zero-order valence-electron chi connectivity index (χ0n) is 34.1. The Bertz CT molecular complexity index is 3200. The minimum absolute atomic E-state index is 0.559. The highest BCUT2D eigenvalue weighted by Gasteiger charge is 2.24. The summed E-state index contributed by atoms with van der Waals surface area (Å²) in [6.07, 6.45) is 2.38. The van der Waals surface area contributed by atoms with Crippen LogP contribution in [0.1, 0.15) is 33.3 Å². The van der Waals surface area contributed by atoms with Gasteiger partial charge in [-0.1, -0.05) is 118 Å². The van der Waals surface area contributed by atoms with E-state index in [1.807, 2.05) is 70.2 Å². The predicted octanol–water partition coefficient (Wildman–Crippen LogP) is 12.9. The van der Waals surface area contributed by atoms with Gasteiger partial charge in [0.05, 0.1) is 44.8 Å². The number of nitrogens with zero attached hydrogens (tertiary/aromatic N) is 4. The lowest BCUT2D eigenvalue weighted by Gasteiger charge is -2.18. The predicted molar refractivity (Wildman–Crippen MR) is 251 cm³/mol. The van der Waals surface area contributed by atoms with Crippen molar-refractivity contribution in [2.75, 3.05) is 24.6 Å². The largest absolute Gasteiger partial charge is 0.319 e. The zero-order valence-corrected chi connectivity index (χ0v) is 35.9. The highest BCUT2D eigenvalue weighted by atomic mass is 31.2. The van der Waals surface area contributed by atoms with Crippen LogP contribution in [-0.2, 0) is 9.13 Å². The maximum absolute atomic E-state index is 14.5. The van der Waals surface area contributed by atoms with E-state index in [0.717, 1.165) is 99.3 Å². The Morgan fingerprint density at radius 2 is 0.712 bits per heavy atom. The van der Waals surface area contributed by atoms with Crippen molar-refractivity contribution in [2.24, 2.45) is 0 Å². The van der Waals surface area contributed by atoms with Crippen molar-refractivity contribution in [2.45, 2.75) is 34.6 Å². The highest BCUT2D eigenvalue weighted by Crippen LogP contribution is 2.46. The SMILES string of the molecule is CCP(=O)(CC)c1cccc(-c2ccc3ccc4ccc(-c5cc(-c6ccc7ccc8ccc(-c9cccc(C)c9)nc8c7n6)cc(P(=O)(CC)CC)c5)nc4c3n2)c1. The standard InChI is InChI=1S/C51H46N4O2P2/c1-6-58(56,7-2)42-15-11-14-39(30-42)45-25-21-35-17-19-37-23-27-47(55-51(37)49(35)53-45)41-29-40(31-43(32-41)59(57,8-3)9-4)46-26-22-36-18-16-34-20-24-44(52-48(34)50(36)54-46)38-13-10-12-33(5)28-38/h10-32H,6-9H2,1-5H3. The van der Waals surface area contributed by atoms with E-state index in [9.17, 15) is 9.13 Å². The first kappa shape index (κ1) is 38.7. The summed E-state index contributed by atoms with van der Waals surface area (Å²) in [5.41, 5.74) is 11.5. The summed E-state index contributed by atoms with van der Waals surface area (Å²) in [6, 6.07) is 47.6. The van der Waals surface area contributed by atoms with E-state index in [0.29, 0.717) is 24.6 Å². The minimum Gasteiger partial charge on any atom is -0.319 e. The Morgan fingerprint density at radius 1 is 0.373 bits per heavy atom. The lowest BCUT2D eigenvalue weighted by atomic mass is 10.0. The van der Waals surface area contributed by atoms with Crippen molar-refractivity contribution in [1.29, 1.82) is 0 Å². The third kappa shape index (κ3) is 7.09. The first-order chi connectivity index (χ1) is 28.6. The molecule has 0 N–H and O–H groups in total. The lowest BCUT2D eigenvalue weighted by molar-refractivity contribution is 0.581. The molecule has 59 heavy (non-hydrogen) atoms. The molecule has 0 saturated heterocycles. The maximum Gasteiger partial charge on any atom is 0.115 e. The van der Waals surface area contributed by atoms with Gasteiger partial charge in [-0.15, -0.1) is 0 Å². The van der Waals surface area contributed by atoms with E-state index in [1.165, 1.54) is 5.56 Å². The molecule has 6 nitrogen and oxygen atoms in total. The minimum atomic E-state index is -2.71. The van der Waals surface area contributed by atoms with Crippen LogP contribution in [-0.4, -0.2) is 44.6 Å². The van der Waals surface area contributed by atoms with Crippen LogP contribution in [0.25, 0.3) is 88.6 Å². The summed E-state index contributed by atoms with van der Waals surface area (Å²) in [5, 5.41) is 5.71. The molecule has 0 bridgehead atoms. The van der Waals surface area contributed by atoms with Gasteiger partial charge in [0.2, 0.25) is 0 Å². The van der Waals surface area contributed by atoms with Crippen LogP contribution in [0, 0.1) is 6.92 Å². The van der Waals surface area contributed by atoms with Gasteiger partial charge in [-0.25, -0.2) is 19.9 Å². The molecule has 0 spiro atoms. The molecule has 0 aliphatic carbocycles. The monoisotopic (exact) mass is 808 g/mol. The van der Waals surface area contributed by atoms with Gasteiger partial charge >= 0.3 is 0 Å². The Kier molecular flexibility index (Phi) is 10.1. The Labute approximate surface area is 345 Å². The quantitative estimate of drug-likeness (QED) is 0.101. The molecule has 0 fully saturated rings. The zero-order chi connectivity index (χ0) is 40.9. The second-order valence-corrected chi connectivity index (χ2v) is 22.6. The number of aryl methyl sites for hydroxylation is 1. The van der Waals surface area contributed by atoms with Crippen LogP contribution in [0.5, 0.6) is 0 Å². The third-order valence-corrected chi connectivity index (χ3v) is 18.5. The first-order valence-electron chi connectivity index (χ1n) is 20.5. The second kappa shape index (κ2) is 15.4. The van der Waals surface area contributed by atoms with Crippen molar-refractivity contribution in [3.05, 3.63) is 145 Å². The topological polar surface area (TPSA) is 85.7 Å². The van der Waals surface area contributed by atoms with Crippen LogP contribution in [0.2, 0.25) is 0 Å². The molecule has 0 amide bonds. The van der Waals surface area contributed by atoms with Gasteiger partial charge in [-0.2, -0.15) is 0 Å². The summed E-state index contributed by atoms with van der Waals surface area (Å²) in [5.74, 6) is 0. The molecule has 0 unspecified atom stereocenters. The molecule has 0 radical (unpaired) electrons. The molecule has 4 aromatic heterocycles. The first-order valence-corrected chi connectivity index (χ1v) is 24.7. The number of fused-ring (bicyclic) bond motifs is 6. The molecule has 9 rings (SSSR count). The van der Waals surface area contributed by atoms with E-state index in [-0.39, 0.29) is 0 Å². The molecule has 4 heterocycles. The number of benzene rings is 5. The van der Waals surface area contributed by atoms with Gasteiger partial charge in [0.1, 0.15) is 14.3 Å². The Morgan fingerprint density at radius 3 is 1.12 bits per heavy atom. The fourth-order valence-electron chi connectivity index (χ4n) is 8.22. The van der Waals surface area contributed by atoms with Gasteiger partial charge < -0.3 is 9.13 Å². The molecule has 5 aromatic carbocycles. The summed E-state index contributed by atoms with van der Waals surface area (Å²) >= 11 is 0. The summed E-state index contributed by atoms with van der Waals surface area (Å²) < 4.78 is 28.2. The lowest BCUT2D eigenvalue weighted by Crippen LogP contribution is -2.10. The third-order valence-electron chi connectivity index (χ3n) is 12.0. The van der Waals surface area contributed by atoms with Crippen LogP contribution in [0.4, 0.5) is 0 Å². The normalized spacial score (nSPS) is 12.2. The van der Waals surface area contributed by atoms with E-state index >= 15 is 0 Å². The van der Waals surface area contributed by atoms with E-state index in [4.69, 9.17) is 19.9 Å². The van der Waals surface area contributed by atoms with Crippen molar-refractivity contribution >= 4 is 68.5 Å². The number of hydrogen-bond donors (Lipinski definition) is 0. The maximum atomic E-state index is 14.5. The number of pyridine rings is 4. The molecule has 0 atom stereocenters. The molecule has 0 aliphatic rings. The molecule has 0 saturated carbocycles. The van der Waals surface area contributed by atoms with E-state index < -0.39 is 14.3 Å². The Balaban J connectivity index is 1.20. The molecular formula is C51H46N4O2P2. The van der Waals surface area contributed by atoms with Crippen molar-refractivity contribution < 1.29 is 9.13 Å². The second-order valence-electron chi connectivity index (χ2n) is 15.4. The van der Waals surface area contributed by atoms with Crippen LogP contribution in [0.3, 0.4) is 0 Å². The fourth-order valence-corrected chi connectivity index (χ4v) is 12.1. The van der Waals surface area contributed by atoms with Gasteiger partial charge in [0.25, 0.3) is 0 Å². The van der Waals surface area contributed by atoms with Crippen LogP contribution < -0.4 is 10.6 Å². The van der Waals surface area contributed by atoms with E-state index in [2.05, 4.69) is 104 Å². The van der Waals surface area contributed by atoms with Crippen molar-refractivity contribution in [3.63, 3.8) is 0 Å². The summed E-state index contributed by atoms with van der Waals surface area (Å²) in [4.78, 5) is 21.0. The average Bonchev–Trinajstić information content (AvgIpc) is 3.30. The smallest absolute Gasteiger partial charge is 0.115 e. The van der Waals surface area contributed by atoms with Crippen molar-refractivity contribution in [1.82, 2.24) is 19.9 Å². The molecule has 0 aliphatic heterocycles. The fraction of sp³-hybridized carbons (Fsp3) is 0.176. The average molecular weight is 809 g/mol. The molecular weight excluding hydrogens is 763 g/mol. The van der Waals surface area contributed by atoms with Crippen LogP contribution >= 0.6 is 14.3 Å². The summed E-state index contributed by atoms with van der Waals surface area (Å²) in [6.45, 7) is 10.1. The van der Waals surface area contributed by atoms with Gasteiger partial charge in [-0.05, 0) is 61.5 Å². The number of hydrogen-bond acceptors (Lipinski definition) is 6. The van der Waals surface area contributed by atoms with Gasteiger partial charge in [0, 0.05) is 79.1 Å². The molecule has 8 heteroatoms. The number of rotatable bonds is 10. The Hall–Kier alpha value is -5.80. The summed E-state index contributed by atoms with van der Waals surface area (Å²) in [7, 11) is -5.17.